The average molecular weight is 296 g/mol. The Morgan fingerprint density at radius 1 is 1.45 bits per heavy atom. The number of thioether (sulfide) groups is 1. The number of carbonyl (C=O) groups excluding carboxylic acids is 1. The maximum atomic E-state index is 13.2. The zero-order chi connectivity index (χ0) is 14.7. The van der Waals surface area contributed by atoms with Gasteiger partial charge < -0.3 is 10.6 Å². The molecule has 2 N–H and O–H groups in total. The van der Waals surface area contributed by atoms with Crippen LogP contribution in [0.4, 0.5) is 4.39 Å². The van der Waals surface area contributed by atoms with E-state index in [0.29, 0.717) is 13.0 Å². The monoisotopic (exact) mass is 296 g/mol. The summed E-state index contributed by atoms with van der Waals surface area (Å²) >= 11 is 1.68. The fraction of sp³-hybridized carbons (Fsp3) is 0.533. The molecular formula is C15H21FN2OS. The van der Waals surface area contributed by atoms with E-state index in [1.807, 2.05) is 37.4 Å². The third kappa shape index (κ3) is 3.33. The summed E-state index contributed by atoms with van der Waals surface area (Å²) < 4.78 is 13.2. The number of halogens is 1. The Bertz CT molecular complexity index is 465. The number of nitrogens with zero attached hydrogens (tertiary/aromatic N) is 1. The number of benzene rings is 1. The molecule has 0 spiro atoms. The normalized spacial score (nSPS) is 21.8. The first-order valence-corrected chi connectivity index (χ1v) is 8.07. The van der Waals surface area contributed by atoms with Crippen LogP contribution in [0, 0.1) is 0 Å². The third-order valence-corrected chi connectivity index (χ3v) is 4.65. The van der Waals surface area contributed by atoms with Gasteiger partial charge in [-0.1, -0.05) is 19.1 Å². The topological polar surface area (TPSA) is 46.3 Å². The van der Waals surface area contributed by atoms with Crippen LogP contribution >= 0.6 is 11.8 Å². The van der Waals surface area contributed by atoms with Crippen molar-refractivity contribution in [2.24, 2.45) is 5.73 Å². The van der Waals surface area contributed by atoms with Gasteiger partial charge in [-0.05, 0) is 30.4 Å². The van der Waals surface area contributed by atoms with Crippen LogP contribution in [0.1, 0.15) is 24.8 Å². The van der Waals surface area contributed by atoms with E-state index in [2.05, 4.69) is 0 Å². The summed E-state index contributed by atoms with van der Waals surface area (Å²) in [6.07, 6.45) is 1.55. The minimum atomic E-state index is -0.901. The lowest BCUT2D eigenvalue weighted by Gasteiger charge is -2.25. The van der Waals surface area contributed by atoms with Crippen LogP contribution in [0.25, 0.3) is 0 Å². The van der Waals surface area contributed by atoms with Gasteiger partial charge in [0.15, 0.2) is 0 Å². The average Bonchev–Trinajstić information content (AvgIpc) is 2.91. The molecule has 110 valence electrons. The summed E-state index contributed by atoms with van der Waals surface area (Å²) in [5.74, 6) is -0.219. The molecule has 0 unspecified atom stereocenters. The summed E-state index contributed by atoms with van der Waals surface area (Å²) in [5, 5.41) is 0. The van der Waals surface area contributed by atoms with Crippen LogP contribution in [-0.2, 0) is 4.79 Å². The van der Waals surface area contributed by atoms with Crippen molar-refractivity contribution in [2.45, 2.75) is 36.4 Å². The Labute approximate surface area is 123 Å². The van der Waals surface area contributed by atoms with E-state index >= 15 is 0 Å². The molecule has 1 saturated heterocycles. The van der Waals surface area contributed by atoms with E-state index in [1.54, 1.807) is 16.7 Å². The molecular weight excluding hydrogens is 275 g/mol. The Kier molecular flexibility index (Phi) is 5.05. The Balaban J connectivity index is 2.03. The lowest BCUT2D eigenvalue weighted by molar-refractivity contribution is -0.132. The number of alkyl halides is 1. The van der Waals surface area contributed by atoms with Crippen LogP contribution in [0.3, 0.4) is 0 Å². The van der Waals surface area contributed by atoms with Crippen molar-refractivity contribution in [2.75, 3.05) is 19.3 Å². The summed E-state index contributed by atoms with van der Waals surface area (Å²) in [5.41, 5.74) is 7.11. The molecule has 1 amide bonds. The fourth-order valence-electron chi connectivity index (χ4n) is 2.46. The summed E-state index contributed by atoms with van der Waals surface area (Å²) in [7, 11) is 0. The van der Waals surface area contributed by atoms with Crippen molar-refractivity contribution in [1.82, 2.24) is 4.90 Å². The number of amides is 1. The summed E-state index contributed by atoms with van der Waals surface area (Å²) in [4.78, 5) is 15.0. The van der Waals surface area contributed by atoms with Gasteiger partial charge in [-0.25, -0.2) is 4.39 Å². The first-order chi connectivity index (χ1) is 9.52. The van der Waals surface area contributed by atoms with E-state index < -0.39 is 12.2 Å². The highest BCUT2D eigenvalue weighted by atomic mass is 32.2. The number of carbonyl (C=O) groups is 1. The van der Waals surface area contributed by atoms with Gasteiger partial charge >= 0.3 is 0 Å². The Hall–Kier alpha value is -1.07. The van der Waals surface area contributed by atoms with Gasteiger partial charge in [0.1, 0.15) is 6.17 Å². The molecule has 1 aliphatic heterocycles. The first kappa shape index (κ1) is 15.3. The molecule has 0 radical (unpaired) electrons. The summed E-state index contributed by atoms with van der Waals surface area (Å²) in [6.45, 7) is 2.61. The summed E-state index contributed by atoms with van der Waals surface area (Å²) in [6, 6.07) is 7.46. The van der Waals surface area contributed by atoms with Crippen LogP contribution in [0.5, 0.6) is 0 Å². The molecule has 5 heteroatoms. The fourth-order valence-corrected chi connectivity index (χ4v) is 2.87. The molecule has 0 saturated carbocycles. The van der Waals surface area contributed by atoms with E-state index in [-0.39, 0.29) is 18.4 Å². The van der Waals surface area contributed by atoms with Crippen LogP contribution in [0.15, 0.2) is 29.2 Å². The highest BCUT2D eigenvalue weighted by Crippen LogP contribution is 2.24. The maximum Gasteiger partial charge on any atom is 0.240 e. The second-order valence-electron chi connectivity index (χ2n) is 5.26. The Morgan fingerprint density at radius 3 is 2.60 bits per heavy atom. The predicted octanol–water partition coefficient (Wildman–Crippen LogP) is 2.41. The SMILES string of the molecule is CSc1ccc([C@H](C)[C@H](N)C(=O)N2CC[C@H](F)C2)cc1. The van der Waals surface area contributed by atoms with Crippen LogP contribution in [0.2, 0.25) is 0 Å². The van der Waals surface area contributed by atoms with Crippen molar-refractivity contribution in [1.29, 1.82) is 0 Å². The molecule has 3 atom stereocenters. The zero-order valence-electron chi connectivity index (χ0n) is 11.9. The molecule has 1 aliphatic rings. The van der Waals surface area contributed by atoms with Gasteiger partial charge in [-0.2, -0.15) is 0 Å². The van der Waals surface area contributed by atoms with Gasteiger partial charge in [-0.3, -0.25) is 4.79 Å². The number of nitrogens with two attached hydrogens (primary N) is 1. The highest BCUT2D eigenvalue weighted by molar-refractivity contribution is 7.98. The number of hydrogen-bond acceptors (Lipinski definition) is 3. The van der Waals surface area contributed by atoms with Crippen LogP contribution < -0.4 is 5.73 Å². The molecule has 0 aromatic heterocycles. The largest absolute Gasteiger partial charge is 0.338 e. The second-order valence-corrected chi connectivity index (χ2v) is 6.14. The van der Waals surface area contributed by atoms with Gasteiger partial charge in [0, 0.05) is 17.4 Å². The van der Waals surface area contributed by atoms with E-state index in [4.69, 9.17) is 5.73 Å². The minimum Gasteiger partial charge on any atom is -0.338 e. The van der Waals surface area contributed by atoms with Crippen molar-refractivity contribution < 1.29 is 9.18 Å². The first-order valence-electron chi connectivity index (χ1n) is 6.85. The quantitative estimate of drug-likeness (QED) is 0.868. The third-order valence-electron chi connectivity index (χ3n) is 3.91. The molecule has 3 nitrogen and oxygen atoms in total. The van der Waals surface area contributed by atoms with E-state index in [0.717, 1.165) is 5.56 Å². The van der Waals surface area contributed by atoms with Crippen molar-refractivity contribution in [3.63, 3.8) is 0 Å². The smallest absolute Gasteiger partial charge is 0.240 e. The predicted molar refractivity (Wildman–Crippen MR) is 80.7 cm³/mol. The molecule has 1 aromatic rings. The molecule has 1 aromatic carbocycles. The highest BCUT2D eigenvalue weighted by Gasteiger charge is 2.31. The van der Waals surface area contributed by atoms with E-state index in [9.17, 15) is 9.18 Å². The van der Waals surface area contributed by atoms with Crippen molar-refractivity contribution in [3.05, 3.63) is 29.8 Å². The number of rotatable bonds is 4. The molecule has 0 aliphatic carbocycles. The minimum absolute atomic E-state index is 0.0722. The molecule has 0 bridgehead atoms. The lowest BCUT2D eigenvalue weighted by atomic mass is 9.93. The zero-order valence-corrected chi connectivity index (χ0v) is 12.7. The maximum absolute atomic E-state index is 13.2. The molecule has 20 heavy (non-hydrogen) atoms. The van der Waals surface area contributed by atoms with Crippen molar-refractivity contribution in [3.8, 4) is 0 Å². The number of likely N-dealkylation sites (tertiary alicyclic amines) is 1. The van der Waals surface area contributed by atoms with Gasteiger partial charge in [0.25, 0.3) is 0 Å². The van der Waals surface area contributed by atoms with Gasteiger partial charge in [-0.15, -0.1) is 11.8 Å². The van der Waals surface area contributed by atoms with Crippen LogP contribution in [-0.4, -0.2) is 42.4 Å². The van der Waals surface area contributed by atoms with Crippen molar-refractivity contribution >= 4 is 17.7 Å². The molecule has 1 fully saturated rings. The standard InChI is InChI=1S/C15H21FN2OS/c1-10(11-3-5-13(20-2)6-4-11)14(17)15(19)18-8-7-12(16)9-18/h3-6,10,12,14H,7-9,17H2,1-2H3/t10-,12-,14-/m0/s1. The lowest BCUT2D eigenvalue weighted by Crippen LogP contribution is -2.45. The second kappa shape index (κ2) is 6.59. The molecule has 1 heterocycles. The van der Waals surface area contributed by atoms with Gasteiger partial charge in [0.05, 0.1) is 12.6 Å². The molecule has 2 rings (SSSR count). The van der Waals surface area contributed by atoms with Gasteiger partial charge in [0.2, 0.25) is 5.91 Å². The van der Waals surface area contributed by atoms with E-state index in [1.165, 1.54) is 4.90 Å². The Morgan fingerprint density at radius 2 is 2.10 bits per heavy atom. The number of hydrogen-bond donors (Lipinski definition) is 1.